The van der Waals surface area contributed by atoms with Crippen LogP contribution in [-0.2, 0) is 13.4 Å². The lowest BCUT2D eigenvalue weighted by Gasteiger charge is -2.17. The number of phosphoric acid groups is 2. The van der Waals surface area contributed by atoms with Crippen LogP contribution in [0.5, 0.6) is 17.2 Å². The molecule has 0 aromatic heterocycles. The second kappa shape index (κ2) is 8.89. The predicted molar refractivity (Wildman–Crippen MR) is 98.7 cm³/mol. The van der Waals surface area contributed by atoms with Gasteiger partial charge in [-0.05, 0) is 80.3 Å². The van der Waals surface area contributed by atoms with Crippen LogP contribution in [0, 0.1) is 27.7 Å². The fourth-order valence-corrected chi connectivity index (χ4v) is 3.64. The monoisotopic (exact) mass is 420 g/mol. The Bertz CT molecular complexity index is 867. The van der Waals surface area contributed by atoms with Crippen LogP contribution in [0.1, 0.15) is 22.3 Å². The van der Waals surface area contributed by atoms with Gasteiger partial charge in [0.05, 0.1) is 0 Å². The fraction of sp³-hybridized carbons (Fsp3) is 0.250. The minimum Gasteiger partial charge on any atom is -0.508 e. The van der Waals surface area contributed by atoms with Gasteiger partial charge in [-0.3, -0.25) is 4.89 Å². The van der Waals surface area contributed by atoms with Crippen LogP contribution in [0.3, 0.4) is 0 Å². The highest BCUT2D eigenvalue weighted by Crippen LogP contribution is 2.57. The van der Waals surface area contributed by atoms with E-state index in [-0.39, 0.29) is 17.2 Å². The summed E-state index contributed by atoms with van der Waals surface area (Å²) in [7, 11) is -9.99. The third-order valence-electron chi connectivity index (χ3n) is 3.71. The van der Waals surface area contributed by atoms with Gasteiger partial charge in [0.25, 0.3) is 0 Å². The van der Waals surface area contributed by atoms with Crippen molar-refractivity contribution in [3.63, 3.8) is 0 Å². The molecule has 0 bridgehead atoms. The standard InChI is InChI=1S/C10H16O7P2.C6H6O2/c1-6-5-10(9(4)8(3)7(6)2)16-19(14,15)17-18(11,12)13;7-5-1-2-6(8)4-3-5/h5H,1-4H3,(H,14,15)(H2,11,12,13);1-4,7-8H. The molecule has 0 saturated carbocycles. The first kappa shape index (κ1) is 23.2. The van der Waals surface area contributed by atoms with Gasteiger partial charge in [-0.15, -0.1) is 0 Å². The molecule has 0 saturated heterocycles. The summed E-state index contributed by atoms with van der Waals surface area (Å²) in [6, 6.07) is 7.22. The van der Waals surface area contributed by atoms with E-state index in [4.69, 9.17) is 24.5 Å². The lowest BCUT2D eigenvalue weighted by molar-refractivity contribution is 0.229. The maximum atomic E-state index is 11.5. The maximum absolute atomic E-state index is 11.5. The van der Waals surface area contributed by atoms with Crippen molar-refractivity contribution < 1.29 is 42.9 Å². The number of benzene rings is 2. The van der Waals surface area contributed by atoms with Crippen LogP contribution < -0.4 is 4.52 Å². The van der Waals surface area contributed by atoms with Gasteiger partial charge in [-0.2, -0.15) is 4.31 Å². The first-order chi connectivity index (χ1) is 12.2. The number of phosphoric ester groups is 1. The van der Waals surface area contributed by atoms with E-state index in [1.165, 1.54) is 30.3 Å². The zero-order valence-corrected chi connectivity index (χ0v) is 16.9. The molecule has 0 aliphatic heterocycles. The van der Waals surface area contributed by atoms with Crippen molar-refractivity contribution >= 4 is 15.6 Å². The molecule has 9 nitrogen and oxygen atoms in total. The van der Waals surface area contributed by atoms with Gasteiger partial charge in [-0.1, -0.05) is 0 Å². The average molecular weight is 420 g/mol. The first-order valence-electron chi connectivity index (χ1n) is 7.56. The quantitative estimate of drug-likeness (QED) is 0.369. The molecule has 0 aliphatic rings. The summed E-state index contributed by atoms with van der Waals surface area (Å²) < 4.78 is 30.5. The molecular weight excluding hydrogens is 398 g/mol. The van der Waals surface area contributed by atoms with Crippen molar-refractivity contribution in [1.29, 1.82) is 0 Å². The molecule has 1 unspecified atom stereocenters. The number of aromatic hydroxyl groups is 2. The van der Waals surface area contributed by atoms with Gasteiger partial charge >= 0.3 is 15.6 Å². The highest BCUT2D eigenvalue weighted by Gasteiger charge is 2.34. The van der Waals surface area contributed by atoms with Gasteiger partial charge < -0.3 is 24.5 Å². The molecular formula is C16H22O9P2. The lowest BCUT2D eigenvalue weighted by Crippen LogP contribution is -2.00. The third kappa shape index (κ3) is 7.72. The highest BCUT2D eigenvalue weighted by atomic mass is 31.3. The number of phenols is 2. The largest absolute Gasteiger partial charge is 0.536 e. The van der Waals surface area contributed by atoms with Gasteiger partial charge in [0.2, 0.25) is 0 Å². The fourth-order valence-electron chi connectivity index (χ4n) is 2.00. The Hall–Kier alpha value is -1.86. The van der Waals surface area contributed by atoms with E-state index in [0.29, 0.717) is 5.56 Å². The van der Waals surface area contributed by atoms with Gasteiger partial charge in [0.15, 0.2) is 0 Å². The van der Waals surface area contributed by atoms with Crippen LogP contribution in [0.15, 0.2) is 30.3 Å². The van der Waals surface area contributed by atoms with Crippen LogP contribution in [-0.4, -0.2) is 24.9 Å². The molecule has 0 fully saturated rings. The Labute approximate surface area is 156 Å². The molecule has 0 spiro atoms. The number of hydrogen-bond acceptors (Lipinski definition) is 6. The number of hydrogen-bond donors (Lipinski definition) is 5. The molecule has 2 aromatic carbocycles. The Morgan fingerprint density at radius 1 is 0.778 bits per heavy atom. The summed E-state index contributed by atoms with van der Waals surface area (Å²) in [6.45, 7) is 7.18. The summed E-state index contributed by atoms with van der Waals surface area (Å²) in [5.74, 6) is 0.394. The number of phenolic OH excluding ortho intramolecular Hbond substituents is 2. The minimum atomic E-state index is -5.11. The Balaban J connectivity index is 0.000000377. The summed E-state index contributed by atoms with van der Waals surface area (Å²) in [5.41, 5.74) is 3.31. The normalized spacial score (nSPS) is 13.3. The van der Waals surface area contributed by atoms with E-state index in [1.54, 1.807) is 13.8 Å². The minimum absolute atomic E-state index is 0.0554. The van der Waals surface area contributed by atoms with Gasteiger partial charge in [0, 0.05) is 0 Å². The summed E-state index contributed by atoms with van der Waals surface area (Å²) in [4.78, 5) is 26.4. The van der Waals surface area contributed by atoms with E-state index in [1.807, 2.05) is 13.8 Å². The van der Waals surface area contributed by atoms with Gasteiger partial charge in [-0.25, -0.2) is 9.13 Å². The molecule has 27 heavy (non-hydrogen) atoms. The van der Waals surface area contributed by atoms with Crippen molar-refractivity contribution in [1.82, 2.24) is 0 Å². The smallest absolute Gasteiger partial charge is 0.508 e. The van der Waals surface area contributed by atoms with Crippen molar-refractivity contribution in [3.8, 4) is 17.2 Å². The third-order valence-corrected chi connectivity index (χ3v) is 5.81. The summed E-state index contributed by atoms with van der Waals surface area (Å²) in [6.07, 6.45) is 0. The van der Waals surface area contributed by atoms with Crippen LogP contribution in [0.25, 0.3) is 0 Å². The second-order valence-electron chi connectivity index (χ2n) is 5.72. The van der Waals surface area contributed by atoms with Gasteiger partial charge in [0.1, 0.15) is 17.2 Å². The molecule has 2 rings (SSSR count). The Kier molecular flexibility index (Phi) is 7.63. The van der Waals surface area contributed by atoms with Crippen molar-refractivity contribution in [3.05, 3.63) is 52.6 Å². The van der Waals surface area contributed by atoms with Crippen molar-refractivity contribution in [2.45, 2.75) is 27.7 Å². The predicted octanol–water partition coefficient (Wildman–Crippen LogP) is 3.61. The van der Waals surface area contributed by atoms with Crippen LogP contribution in [0.2, 0.25) is 0 Å². The first-order valence-corrected chi connectivity index (χ1v) is 10.6. The Morgan fingerprint density at radius 2 is 1.22 bits per heavy atom. The molecule has 0 radical (unpaired) electrons. The molecule has 0 amide bonds. The molecule has 1 atom stereocenters. The van der Waals surface area contributed by atoms with E-state index in [9.17, 15) is 14.0 Å². The molecule has 0 heterocycles. The molecule has 2 aromatic rings. The second-order valence-corrected chi connectivity index (χ2v) is 8.47. The summed E-state index contributed by atoms with van der Waals surface area (Å²) in [5, 5.41) is 17.3. The van der Waals surface area contributed by atoms with Crippen molar-refractivity contribution in [2.75, 3.05) is 0 Å². The maximum Gasteiger partial charge on any atom is 0.536 e. The van der Waals surface area contributed by atoms with Crippen LogP contribution in [0.4, 0.5) is 0 Å². The van der Waals surface area contributed by atoms with Crippen molar-refractivity contribution in [2.24, 2.45) is 0 Å². The molecule has 11 heteroatoms. The zero-order chi connectivity index (χ0) is 21.0. The van der Waals surface area contributed by atoms with E-state index in [2.05, 4.69) is 4.31 Å². The molecule has 150 valence electrons. The van der Waals surface area contributed by atoms with E-state index in [0.717, 1.165) is 16.7 Å². The lowest BCUT2D eigenvalue weighted by atomic mass is 9.99. The molecule has 0 aliphatic carbocycles. The van der Waals surface area contributed by atoms with E-state index >= 15 is 0 Å². The topological polar surface area (TPSA) is 154 Å². The van der Waals surface area contributed by atoms with Crippen LogP contribution >= 0.6 is 15.6 Å². The number of rotatable bonds is 4. The molecule has 5 N–H and O–H groups in total. The Morgan fingerprint density at radius 3 is 1.63 bits per heavy atom. The zero-order valence-electron chi connectivity index (χ0n) is 15.2. The number of aryl methyl sites for hydroxylation is 1. The average Bonchev–Trinajstić information content (AvgIpc) is 2.51. The SMILES string of the molecule is Cc1cc(OP(=O)(O)OP(=O)(O)O)c(C)c(C)c1C.Oc1ccc(O)cc1. The van der Waals surface area contributed by atoms with E-state index < -0.39 is 15.6 Å². The summed E-state index contributed by atoms with van der Waals surface area (Å²) >= 11 is 0. The highest BCUT2D eigenvalue weighted by molar-refractivity contribution is 7.60.